The molecule has 1 heterocycles. The number of rotatable bonds is 3. The van der Waals surface area contributed by atoms with E-state index in [9.17, 15) is 4.79 Å². The number of carbonyl (C=O) groups excluding carboxylic acids is 1. The average molecular weight is 275 g/mol. The van der Waals surface area contributed by atoms with E-state index in [-0.39, 0.29) is 17.8 Å². The molecule has 2 fully saturated rings. The van der Waals surface area contributed by atoms with Crippen LogP contribution in [0.1, 0.15) is 51.9 Å². The second kappa shape index (κ2) is 6.76. The number of amides is 1. The summed E-state index contributed by atoms with van der Waals surface area (Å²) in [6, 6.07) is 0.503. The van der Waals surface area contributed by atoms with E-state index in [4.69, 9.17) is 0 Å². The van der Waals surface area contributed by atoms with E-state index in [0.29, 0.717) is 11.9 Å². The van der Waals surface area contributed by atoms with Crippen LogP contribution < -0.4 is 5.32 Å². The highest BCUT2D eigenvalue weighted by molar-refractivity contribution is 5.85. The fourth-order valence-corrected chi connectivity index (χ4v) is 3.50. The molecule has 1 saturated carbocycles. The number of likely N-dealkylation sites (N-methyl/N-ethyl adjacent to an activating group) is 1. The molecule has 0 aromatic heterocycles. The Hall–Kier alpha value is -0.280. The predicted octanol–water partition coefficient (Wildman–Crippen LogP) is 2.59. The third-order valence-corrected chi connectivity index (χ3v) is 4.81. The van der Waals surface area contributed by atoms with Gasteiger partial charge in [0.05, 0.1) is 0 Å². The van der Waals surface area contributed by atoms with Crippen LogP contribution in [0.2, 0.25) is 0 Å². The number of nitrogens with zero attached hydrogens (tertiary/aromatic N) is 1. The summed E-state index contributed by atoms with van der Waals surface area (Å²) < 4.78 is 0. The summed E-state index contributed by atoms with van der Waals surface area (Å²) in [7, 11) is 2.00. The molecule has 1 unspecified atom stereocenters. The number of halogens is 1. The maximum atomic E-state index is 12.7. The molecular weight excluding hydrogens is 248 g/mol. The van der Waals surface area contributed by atoms with Crippen LogP contribution in [0.4, 0.5) is 0 Å². The minimum absolute atomic E-state index is 0. The largest absolute Gasteiger partial charge is 0.341 e. The van der Waals surface area contributed by atoms with Crippen molar-refractivity contribution < 1.29 is 4.79 Å². The molecule has 4 heteroatoms. The quantitative estimate of drug-likeness (QED) is 0.858. The van der Waals surface area contributed by atoms with Gasteiger partial charge in [0.1, 0.15) is 0 Å². The summed E-state index contributed by atoms with van der Waals surface area (Å²) in [4.78, 5) is 14.8. The van der Waals surface area contributed by atoms with Crippen molar-refractivity contribution in [2.24, 2.45) is 5.41 Å². The summed E-state index contributed by atoms with van der Waals surface area (Å²) >= 11 is 0. The standard InChI is InChI=1S/C14H26N2O.ClH/c1-3-14(8-4-5-9-14)13(17)16-10-6-7-12(11-16)15-2;/h12,15H,3-11H2,1-2H3;1H. The molecule has 0 aromatic rings. The lowest BCUT2D eigenvalue weighted by Crippen LogP contribution is -2.51. The Morgan fingerprint density at radius 2 is 2.00 bits per heavy atom. The topological polar surface area (TPSA) is 32.3 Å². The van der Waals surface area contributed by atoms with E-state index in [2.05, 4.69) is 17.1 Å². The number of piperidine rings is 1. The number of hydrogen-bond acceptors (Lipinski definition) is 2. The maximum Gasteiger partial charge on any atom is 0.228 e. The van der Waals surface area contributed by atoms with Gasteiger partial charge in [-0.1, -0.05) is 19.8 Å². The first-order chi connectivity index (χ1) is 8.22. The monoisotopic (exact) mass is 274 g/mol. The number of nitrogens with one attached hydrogen (secondary N) is 1. The molecule has 1 aliphatic heterocycles. The SMILES string of the molecule is CCC1(C(=O)N2CCCC(NC)C2)CCCC1.Cl. The fourth-order valence-electron chi connectivity index (χ4n) is 3.50. The number of hydrogen-bond donors (Lipinski definition) is 1. The minimum Gasteiger partial charge on any atom is -0.341 e. The van der Waals surface area contributed by atoms with Crippen LogP contribution >= 0.6 is 12.4 Å². The van der Waals surface area contributed by atoms with E-state index in [0.717, 1.165) is 38.8 Å². The molecule has 1 aliphatic carbocycles. The first kappa shape index (κ1) is 15.8. The number of likely N-dealkylation sites (tertiary alicyclic amines) is 1. The summed E-state index contributed by atoms with van der Waals surface area (Å²) in [5.74, 6) is 0.442. The van der Waals surface area contributed by atoms with Gasteiger partial charge in [0, 0.05) is 24.5 Å². The van der Waals surface area contributed by atoms with Crippen molar-refractivity contribution in [3.63, 3.8) is 0 Å². The molecule has 1 N–H and O–H groups in total. The fraction of sp³-hybridized carbons (Fsp3) is 0.929. The zero-order valence-electron chi connectivity index (χ0n) is 11.7. The van der Waals surface area contributed by atoms with Gasteiger partial charge in [-0.05, 0) is 39.2 Å². The lowest BCUT2D eigenvalue weighted by Gasteiger charge is -2.38. The van der Waals surface area contributed by atoms with Crippen molar-refractivity contribution >= 4 is 18.3 Å². The van der Waals surface area contributed by atoms with Gasteiger partial charge in [-0.2, -0.15) is 0 Å². The van der Waals surface area contributed by atoms with Crippen LogP contribution in [-0.2, 0) is 4.79 Å². The van der Waals surface area contributed by atoms with Crippen LogP contribution in [0.15, 0.2) is 0 Å². The van der Waals surface area contributed by atoms with Crippen LogP contribution in [0, 0.1) is 5.41 Å². The molecule has 2 rings (SSSR count). The van der Waals surface area contributed by atoms with Gasteiger partial charge < -0.3 is 10.2 Å². The minimum atomic E-state index is -0.00433. The summed E-state index contributed by atoms with van der Waals surface area (Å²) in [6.07, 6.45) is 8.08. The Kier molecular flexibility index (Phi) is 5.93. The lowest BCUT2D eigenvalue weighted by molar-refractivity contribution is -0.143. The van der Waals surface area contributed by atoms with Crippen molar-refractivity contribution in [2.45, 2.75) is 57.9 Å². The van der Waals surface area contributed by atoms with Gasteiger partial charge in [-0.15, -0.1) is 12.4 Å². The molecule has 0 spiro atoms. The van der Waals surface area contributed by atoms with Crippen molar-refractivity contribution in [2.75, 3.05) is 20.1 Å². The zero-order chi connectivity index (χ0) is 12.3. The molecule has 106 valence electrons. The summed E-state index contributed by atoms with van der Waals surface area (Å²) in [6.45, 7) is 4.07. The van der Waals surface area contributed by atoms with Crippen LogP contribution in [0.3, 0.4) is 0 Å². The molecule has 0 radical (unpaired) electrons. The van der Waals surface area contributed by atoms with E-state index >= 15 is 0 Å². The second-order valence-corrected chi connectivity index (χ2v) is 5.72. The highest BCUT2D eigenvalue weighted by Crippen LogP contribution is 2.42. The van der Waals surface area contributed by atoms with Crippen molar-refractivity contribution in [3.8, 4) is 0 Å². The Bertz CT molecular complexity index is 277. The highest BCUT2D eigenvalue weighted by Gasteiger charge is 2.42. The Morgan fingerprint density at radius 3 is 2.56 bits per heavy atom. The second-order valence-electron chi connectivity index (χ2n) is 5.72. The summed E-state index contributed by atoms with van der Waals surface area (Å²) in [5, 5.41) is 3.32. The predicted molar refractivity (Wildman–Crippen MR) is 77.1 cm³/mol. The van der Waals surface area contributed by atoms with E-state index < -0.39 is 0 Å². The third kappa shape index (κ3) is 3.00. The molecule has 0 aromatic carbocycles. The molecule has 0 bridgehead atoms. The van der Waals surface area contributed by atoms with E-state index in [1.807, 2.05) is 7.05 Å². The van der Waals surface area contributed by atoms with Crippen LogP contribution in [-0.4, -0.2) is 37.0 Å². The molecule has 1 amide bonds. The lowest BCUT2D eigenvalue weighted by atomic mass is 9.81. The van der Waals surface area contributed by atoms with Gasteiger partial charge in [0.25, 0.3) is 0 Å². The molecule has 3 nitrogen and oxygen atoms in total. The van der Waals surface area contributed by atoms with Gasteiger partial charge in [0.2, 0.25) is 5.91 Å². The van der Waals surface area contributed by atoms with Crippen LogP contribution in [0.25, 0.3) is 0 Å². The Balaban J connectivity index is 0.00000162. The molecular formula is C14H27ClN2O. The Morgan fingerprint density at radius 1 is 1.33 bits per heavy atom. The molecule has 2 aliphatic rings. The summed E-state index contributed by atoms with van der Waals surface area (Å²) in [5.41, 5.74) is -0.00433. The molecule has 1 atom stereocenters. The normalized spacial score (nSPS) is 26.8. The average Bonchev–Trinajstić information content (AvgIpc) is 2.88. The smallest absolute Gasteiger partial charge is 0.228 e. The first-order valence-electron chi connectivity index (χ1n) is 7.18. The van der Waals surface area contributed by atoms with E-state index in [1.165, 1.54) is 19.3 Å². The van der Waals surface area contributed by atoms with Gasteiger partial charge in [-0.25, -0.2) is 0 Å². The van der Waals surface area contributed by atoms with Crippen LogP contribution in [0.5, 0.6) is 0 Å². The van der Waals surface area contributed by atoms with Gasteiger partial charge in [-0.3, -0.25) is 4.79 Å². The molecule has 18 heavy (non-hydrogen) atoms. The Labute approximate surface area is 117 Å². The van der Waals surface area contributed by atoms with Gasteiger partial charge in [0.15, 0.2) is 0 Å². The third-order valence-electron chi connectivity index (χ3n) is 4.81. The van der Waals surface area contributed by atoms with Gasteiger partial charge >= 0.3 is 0 Å². The maximum absolute atomic E-state index is 12.7. The van der Waals surface area contributed by atoms with Crippen molar-refractivity contribution in [1.29, 1.82) is 0 Å². The van der Waals surface area contributed by atoms with Crippen molar-refractivity contribution in [1.82, 2.24) is 10.2 Å². The van der Waals surface area contributed by atoms with E-state index in [1.54, 1.807) is 0 Å². The zero-order valence-corrected chi connectivity index (χ0v) is 12.5. The van der Waals surface area contributed by atoms with Crippen molar-refractivity contribution in [3.05, 3.63) is 0 Å². The highest BCUT2D eigenvalue weighted by atomic mass is 35.5. The molecule has 1 saturated heterocycles. The first-order valence-corrected chi connectivity index (χ1v) is 7.18. The number of carbonyl (C=O) groups is 1.